The standard InChI is InChI=1S/C27H27ClF3N7O4/c1-42-19-10-12-35(13-11-19)25(40)20-4-2-3-5-21(20)38-16-32-23(33-38)15-37-26(41)36(14-22(39)27(29,30)31)24(34-37)17-6-8-18(28)9-7-17/h2-9,16,19,22,39H,10-15H2,1H3. The van der Waals surface area contributed by atoms with E-state index in [2.05, 4.69) is 15.2 Å². The van der Waals surface area contributed by atoms with Crippen LogP contribution in [0, 0.1) is 0 Å². The molecule has 1 aliphatic heterocycles. The Morgan fingerprint density at radius 2 is 1.81 bits per heavy atom. The maximum atomic E-state index is 13.3. The normalized spacial score (nSPS) is 15.2. The monoisotopic (exact) mass is 605 g/mol. The van der Waals surface area contributed by atoms with Gasteiger partial charge in [-0.2, -0.15) is 13.2 Å². The summed E-state index contributed by atoms with van der Waals surface area (Å²) < 4.78 is 47.9. The number of amides is 1. The highest BCUT2D eigenvalue weighted by molar-refractivity contribution is 6.30. The lowest BCUT2D eigenvalue weighted by Gasteiger charge is -2.31. The Morgan fingerprint density at radius 3 is 2.48 bits per heavy atom. The number of nitrogens with zero attached hydrogens (tertiary/aromatic N) is 7. The van der Waals surface area contributed by atoms with Crippen molar-refractivity contribution in [2.75, 3.05) is 20.2 Å². The summed E-state index contributed by atoms with van der Waals surface area (Å²) in [4.78, 5) is 32.5. The van der Waals surface area contributed by atoms with E-state index in [4.69, 9.17) is 16.3 Å². The van der Waals surface area contributed by atoms with E-state index in [1.807, 2.05) is 0 Å². The molecule has 1 saturated heterocycles. The van der Waals surface area contributed by atoms with Gasteiger partial charge < -0.3 is 14.7 Å². The maximum absolute atomic E-state index is 13.3. The third-order valence-electron chi connectivity index (χ3n) is 7.03. The van der Waals surface area contributed by atoms with Crippen molar-refractivity contribution < 1.29 is 27.8 Å². The Bertz CT molecular complexity index is 1610. The van der Waals surface area contributed by atoms with Crippen molar-refractivity contribution in [3.63, 3.8) is 0 Å². The van der Waals surface area contributed by atoms with E-state index < -0.39 is 24.5 Å². The van der Waals surface area contributed by atoms with Gasteiger partial charge in [-0.1, -0.05) is 23.7 Å². The van der Waals surface area contributed by atoms with Gasteiger partial charge in [0.25, 0.3) is 5.91 Å². The lowest BCUT2D eigenvalue weighted by atomic mass is 10.1. The average molecular weight is 606 g/mol. The van der Waals surface area contributed by atoms with Crippen LogP contribution in [-0.2, 0) is 17.8 Å². The number of hydrogen-bond acceptors (Lipinski definition) is 7. The summed E-state index contributed by atoms with van der Waals surface area (Å²) in [6.07, 6.45) is -4.76. The van der Waals surface area contributed by atoms with Crippen LogP contribution in [0.1, 0.15) is 29.0 Å². The molecule has 2 aromatic carbocycles. The summed E-state index contributed by atoms with van der Waals surface area (Å²) >= 11 is 5.94. The zero-order chi connectivity index (χ0) is 30.0. The number of aromatic nitrogens is 6. The quantitative estimate of drug-likeness (QED) is 0.328. The van der Waals surface area contributed by atoms with Crippen molar-refractivity contribution in [1.82, 2.24) is 34.0 Å². The first kappa shape index (κ1) is 29.5. The van der Waals surface area contributed by atoms with E-state index >= 15 is 0 Å². The fourth-order valence-electron chi connectivity index (χ4n) is 4.74. The maximum Gasteiger partial charge on any atom is 0.416 e. The number of aliphatic hydroxyl groups excluding tert-OH is 1. The van der Waals surface area contributed by atoms with Gasteiger partial charge >= 0.3 is 11.9 Å². The minimum Gasteiger partial charge on any atom is -0.382 e. The second kappa shape index (κ2) is 12.1. The van der Waals surface area contributed by atoms with Gasteiger partial charge in [0.1, 0.15) is 12.9 Å². The van der Waals surface area contributed by atoms with Gasteiger partial charge in [0.2, 0.25) is 0 Å². The molecular formula is C27H27ClF3N7O4. The zero-order valence-corrected chi connectivity index (χ0v) is 23.2. The molecule has 1 aliphatic rings. The number of aliphatic hydroxyl groups is 1. The van der Waals surface area contributed by atoms with Crippen LogP contribution in [-0.4, -0.2) is 83.6 Å². The van der Waals surface area contributed by atoms with Gasteiger partial charge in [-0.15, -0.1) is 10.2 Å². The third kappa shape index (κ3) is 6.25. The number of para-hydroxylation sites is 1. The molecule has 2 aromatic heterocycles. The SMILES string of the molecule is COC1CCN(C(=O)c2ccccc2-n2cnc(Cn3nc(-c4ccc(Cl)cc4)n(CC(O)C(F)(F)F)c3=O)n2)CC1. The molecule has 42 heavy (non-hydrogen) atoms. The first-order chi connectivity index (χ1) is 20.0. The Kier molecular flexibility index (Phi) is 8.48. The predicted molar refractivity (Wildman–Crippen MR) is 145 cm³/mol. The molecule has 15 heteroatoms. The van der Waals surface area contributed by atoms with Crippen molar-refractivity contribution in [2.24, 2.45) is 0 Å². The number of piperidine rings is 1. The van der Waals surface area contributed by atoms with Crippen LogP contribution in [0.5, 0.6) is 0 Å². The topological polar surface area (TPSA) is 120 Å². The number of likely N-dealkylation sites (tertiary alicyclic amines) is 1. The number of methoxy groups -OCH3 is 1. The molecule has 1 N–H and O–H groups in total. The van der Waals surface area contributed by atoms with E-state index in [1.54, 1.807) is 36.3 Å². The van der Waals surface area contributed by atoms with Gasteiger partial charge in [-0.05, 0) is 49.2 Å². The summed E-state index contributed by atoms with van der Waals surface area (Å²) in [6, 6.07) is 12.9. The molecule has 0 aliphatic carbocycles. The Balaban J connectivity index is 1.42. The van der Waals surface area contributed by atoms with Crippen LogP contribution in [0.15, 0.2) is 59.7 Å². The van der Waals surface area contributed by atoms with Crippen LogP contribution in [0.25, 0.3) is 17.1 Å². The molecule has 11 nitrogen and oxygen atoms in total. The smallest absolute Gasteiger partial charge is 0.382 e. The molecule has 222 valence electrons. The lowest BCUT2D eigenvalue weighted by Crippen LogP contribution is -2.41. The van der Waals surface area contributed by atoms with Gasteiger partial charge in [0.05, 0.1) is 23.9 Å². The number of benzene rings is 2. The lowest BCUT2D eigenvalue weighted by molar-refractivity contribution is -0.207. The van der Waals surface area contributed by atoms with Crippen LogP contribution in [0.4, 0.5) is 13.2 Å². The first-order valence-corrected chi connectivity index (χ1v) is 13.4. The highest BCUT2D eigenvalue weighted by Gasteiger charge is 2.39. The van der Waals surface area contributed by atoms with Gasteiger partial charge in [0, 0.05) is 30.8 Å². The zero-order valence-electron chi connectivity index (χ0n) is 22.4. The second-order valence-electron chi connectivity index (χ2n) is 9.79. The molecule has 1 atom stereocenters. The minimum atomic E-state index is -4.94. The van der Waals surface area contributed by atoms with E-state index in [9.17, 15) is 27.9 Å². The molecule has 0 spiro atoms. The molecule has 0 bridgehead atoms. The van der Waals surface area contributed by atoms with Crippen molar-refractivity contribution >= 4 is 17.5 Å². The summed E-state index contributed by atoms with van der Waals surface area (Å²) in [5, 5.41) is 18.7. The Labute approximate surface area is 242 Å². The number of hydrogen-bond donors (Lipinski definition) is 1. The fourth-order valence-corrected chi connectivity index (χ4v) is 4.86. The molecule has 0 radical (unpaired) electrons. The van der Waals surface area contributed by atoms with Crippen LogP contribution < -0.4 is 5.69 Å². The highest BCUT2D eigenvalue weighted by atomic mass is 35.5. The summed E-state index contributed by atoms with van der Waals surface area (Å²) in [6.45, 7) is -0.223. The van der Waals surface area contributed by atoms with Crippen molar-refractivity contribution in [1.29, 1.82) is 0 Å². The number of halogens is 4. The largest absolute Gasteiger partial charge is 0.416 e. The van der Waals surface area contributed by atoms with Gasteiger partial charge in [-0.25, -0.2) is 19.1 Å². The molecular weight excluding hydrogens is 579 g/mol. The highest BCUT2D eigenvalue weighted by Crippen LogP contribution is 2.24. The molecule has 1 unspecified atom stereocenters. The van der Waals surface area contributed by atoms with Crippen LogP contribution in [0.2, 0.25) is 5.02 Å². The van der Waals surface area contributed by atoms with Crippen LogP contribution in [0.3, 0.4) is 0 Å². The molecule has 1 amide bonds. The number of ether oxygens (including phenoxy) is 1. The van der Waals surface area contributed by atoms with E-state index in [-0.39, 0.29) is 30.2 Å². The first-order valence-electron chi connectivity index (χ1n) is 13.1. The number of carbonyl (C=O) groups excluding carboxylic acids is 1. The summed E-state index contributed by atoms with van der Waals surface area (Å²) in [5.41, 5.74) is 0.320. The molecule has 1 fully saturated rings. The van der Waals surface area contributed by atoms with Crippen molar-refractivity contribution in [3.05, 3.63) is 81.8 Å². The fraction of sp³-hybridized carbons (Fsp3) is 0.370. The Morgan fingerprint density at radius 1 is 1.12 bits per heavy atom. The summed E-state index contributed by atoms with van der Waals surface area (Å²) in [7, 11) is 1.66. The minimum absolute atomic E-state index is 0.0902. The van der Waals surface area contributed by atoms with E-state index in [0.29, 0.717) is 34.9 Å². The second-order valence-corrected chi connectivity index (χ2v) is 10.2. The van der Waals surface area contributed by atoms with Crippen LogP contribution >= 0.6 is 11.6 Å². The summed E-state index contributed by atoms with van der Waals surface area (Å²) in [5.74, 6) is -0.125. The molecule has 5 rings (SSSR count). The number of carbonyl (C=O) groups is 1. The molecule has 0 saturated carbocycles. The van der Waals surface area contributed by atoms with Gasteiger partial charge in [0.15, 0.2) is 17.8 Å². The number of rotatable bonds is 8. The van der Waals surface area contributed by atoms with Crippen molar-refractivity contribution in [3.8, 4) is 17.1 Å². The van der Waals surface area contributed by atoms with E-state index in [1.165, 1.54) is 35.3 Å². The van der Waals surface area contributed by atoms with Crippen molar-refractivity contribution in [2.45, 2.75) is 44.3 Å². The Hall–Kier alpha value is -4.01. The third-order valence-corrected chi connectivity index (χ3v) is 7.28. The molecule has 3 heterocycles. The number of alkyl halides is 3. The van der Waals surface area contributed by atoms with Gasteiger partial charge in [-0.3, -0.25) is 9.36 Å². The predicted octanol–water partition coefficient (Wildman–Crippen LogP) is 3.17. The molecule has 4 aromatic rings. The average Bonchev–Trinajstić information content (AvgIpc) is 3.57. The van der Waals surface area contributed by atoms with E-state index in [0.717, 1.165) is 22.1 Å².